The molecule has 0 bridgehead atoms. The van der Waals surface area contributed by atoms with Crippen LogP contribution in [-0.2, 0) is 12.6 Å². The Morgan fingerprint density at radius 2 is 1.75 bits per heavy atom. The molecule has 3 nitrogen and oxygen atoms in total. The second-order valence-electron chi connectivity index (χ2n) is 4.29. The Bertz CT molecular complexity index is 547. The van der Waals surface area contributed by atoms with E-state index >= 15 is 0 Å². The van der Waals surface area contributed by atoms with E-state index in [2.05, 4.69) is 10.3 Å². The molecule has 1 aromatic heterocycles. The molecule has 0 spiro atoms. The molecule has 1 aromatic carbocycles. The monoisotopic (exact) mass is 281 g/mol. The van der Waals surface area contributed by atoms with E-state index in [9.17, 15) is 13.2 Å². The number of nitrogens with two attached hydrogens (primary N) is 1. The first kappa shape index (κ1) is 14.3. The number of nitrogens with zero attached hydrogens (tertiary/aromatic N) is 1. The highest BCUT2D eigenvalue weighted by molar-refractivity contribution is 5.56. The molecule has 1 heterocycles. The Labute approximate surface area is 114 Å². The predicted octanol–water partition coefficient (Wildman–Crippen LogP) is 3.35. The molecule has 20 heavy (non-hydrogen) atoms. The molecule has 6 heteroatoms. The van der Waals surface area contributed by atoms with Gasteiger partial charge in [-0.1, -0.05) is 12.1 Å². The van der Waals surface area contributed by atoms with Crippen molar-refractivity contribution >= 4 is 11.5 Å². The Balaban J connectivity index is 2.06. The number of alkyl halides is 3. The number of hydrogen-bond donors (Lipinski definition) is 2. The summed E-state index contributed by atoms with van der Waals surface area (Å²) in [5.41, 5.74) is 6.56. The SMILES string of the molecule is NCCc1ccc(Nc2ccc(C(F)(F)F)cn2)cc1. The average Bonchev–Trinajstić information content (AvgIpc) is 2.41. The van der Waals surface area contributed by atoms with Gasteiger partial charge in [-0.25, -0.2) is 4.98 Å². The van der Waals surface area contributed by atoms with Crippen LogP contribution in [-0.4, -0.2) is 11.5 Å². The van der Waals surface area contributed by atoms with Crippen molar-refractivity contribution in [3.8, 4) is 0 Å². The molecule has 106 valence electrons. The normalized spacial score (nSPS) is 11.4. The van der Waals surface area contributed by atoms with Gasteiger partial charge in [-0.05, 0) is 42.8 Å². The number of anilines is 2. The van der Waals surface area contributed by atoms with E-state index in [0.29, 0.717) is 12.4 Å². The van der Waals surface area contributed by atoms with Crippen LogP contribution in [0.2, 0.25) is 0 Å². The van der Waals surface area contributed by atoms with Gasteiger partial charge in [0, 0.05) is 11.9 Å². The molecule has 0 aliphatic heterocycles. The summed E-state index contributed by atoms with van der Waals surface area (Å²) in [5.74, 6) is 0.365. The smallest absolute Gasteiger partial charge is 0.340 e. The molecule has 2 aromatic rings. The zero-order chi connectivity index (χ0) is 14.6. The highest BCUT2D eigenvalue weighted by Gasteiger charge is 2.30. The molecule has 0 aliphatic rings. The van der Waals surface area contributed by atoms with Crippen molar-refractivity contribution in [3.05, 3.63) is 53.7 Å². The Morgan fingerprint density at radius 3 is 2.25 bits per heavy atom. The van der Waals surface area contributed by atoms with E-state index in [1.807, 2.05) is 24.3 Å². The van der Waals surface area contributed by atoms with E-state index in [1.54, 1.807) is 0 Å². The first-order valence-electron chi connectivity index (χ1n) is 6.08. The fourth-order valence-electron chi connectivity index (χ4n) is 1.70. The van der Waals surface area contributed by atoms with Crippen LogP contribution < -0.4 is 11.1 Å². The quantitative estimate of drug-likeness (QED) is 0.903. The number of rotatable bonds is 4. The second-order valence-corrected chi connectivity index (χ2v) is 4.29. The third-order valence-corrected chi connectivity index (χ3v) is 2.75. The second kappa shape index (κ2) is 5.92. The van der Waals surface area contributed by atoms with Crippen LogP contribution in [0, 0.1) is 0 Å². The lowest BCUT2D eigenvalue weighted by Crippen LogP contribution is -2.06. The maximum absolute atomic E-state index is 12.4. The number of halogens is 3. The summed E-state index contributed by atoms with van der Waals surface area (Å²) in [5, 5.41) is 2.94. The molecule has 2 rings (SSSR count). The van der Waals surface area contributed by atoms with Crippen LogP contribution in [0.5, 0.6) is 0 Å². The lowest BCUT2D eigenvalue weighted by atomic mass is 10.1. The number of aromatic nitrogens is 1. The predicted molar refractivity (Wildman–Crippen MR) is 71.7 cm³/mol. The molecule has 0 amide bonds. The Kier molecular flexibility index (Phi) is 4.24. The van der Waals surface area contributed by atoms with Crippen LogP contribution in [0.4, 0.5) is 24.7 Å². The largest absolute Gasteiger partial charge is 0.417 e. The van der Waals surface area contributed by atoms with Gasteiger partial charge < -0.3 is 11.1 Å². The maximum atomic E-state index is 12.4. The van der Waals surface area contributed by atoms with E-state index < -0.39 is 11.7 Å². The van der Waals surface area contributed by atoms with E-state index in [1.165, 1.54) is 6.07 Å². The van der Waals surface area contributed by atoms with Crippen molar-refractivity contribution in [3.63, 3.8) is 0 Å². The highest BCUT2D eigenvalue weighted by atomic mass is 19.4. The third kappa shape index (κ3) is 3.71. The first-order chi connectivity index (χ1) is 9.49. The van der Waals surface area contributed by atoms with Gasteiger partial charge in [-0.3, -0.25) is 0 Å². The van der Waals surface area contributed by atoms with Crippen molar-refractivity contribution in [1.82, 2.24) is 4.98 Å². The topological polar surface area (TPSA) is 50.9 Å². The van der Waals surface area contributed by atoms with Gasteiger partial charge in [-0.15, -0.1) is 0 Å². The lowest BCUT2D eigenvalue weighted by molar-refractivity contribution is -0.137. The number of hydrogen-bond acceptors (Lipinski definition) is 3. The molecule has 0 atom stereocenters. The van der Waals surface area contributed by atoms with Crippen LogP contribution in [0.1, 0.15) is 11.1 Å². The van der Waals surface area contributed by atoms with Crippen molar-refractivity contribution in [2.24, 2.45) is 5.73 Å². The minimum Gasteiger partial charge on any atom is -0.340 e. The highest BCUT2D eigenvalue weighted by Crippen LogP contribution is 2.29. The van der Waals surface area contributed by atoms with Crippen molar-refractivity contribution in [2.75, 3.05) is 11.9 Å². The van der Waals surface area contributed by atoms with Gasteiger partial charge >= 0.3 is 6.18 Å². The number of pyridine rings is 1. The van der Waals surface area contributed by atoms with E-state index in [0.717, 1.165) is 29.9 Å². The summed E-state index contributed by atoms with van der Waals surface area (Å²) >= 11 is 0. The summed E-state index contributed by atoms with van der Waals surface area (Å²) in [6.07, 6.45) is -2.76. The van der Waals surface area contributed by atoms with Gasteiger partial charge in [0.05, 0.1) is 5.56 Å². The van der Waals surface area contributed by atoms with Gasteiger partial charge in [0.15, 0.2) is 0 Å². The summed E-state index contributed by atoms with van der Waals surface area (Å²) in [6.45, 7) is 0.577. The number of nitrogens with one attached hydrogen (secondary N) is 1. The fourth-order valence-corrected chi connectivity index (χ4v) is 1.70. The van der Waals surface area contributed by atoms with Gasteiger partial charge in [-0.2, -0.15) is 13.2 Å². The zero-order valence-corrected chi connectivity index (χ0v) is 10.6. The molecule has 0 saturated carbocycles. The summed E-state index contributed by atoms with van der Waals surface area (Å²) < 4.78 is 37.2. The van der Waals surface area contributed by atoms with Gasteiger partial charge in [0.25, 0.3) is 0 Å². The van der Waals surface area contributed by atoms with E-state index in [-0.39, 0.29) is 0 Å². The van der Waals surface area contributed by atoms with Crippen molar-refractivity contribution in [1.29, 1.82) is 0 Å². The van der Waals surface area contributed by atoms with Crippen LogP contribution in [0.15, 0.2) is 42.6 Å². The molecule has 3 N–H and O–H groups in total. The molecule has 0 unspecified atom stereocenters. The zero-order valence-electron chi connectivity index (χ0n) is 10.6. The van der Waals surface area contributed by atoms with Gasteiger partial charge in [0.2, 0.25) is 0 Å². The molecule has 0 aliphatic carbocycles. The average molecular weight is 281 g/mol. The molecule has 0 saturated heterocycles. The number of benzene rings is 1. The lowest BCUT2D eigenvalue weighted by Gasteiger charge is -2.09. The van der Waals surface area contributed by atoms with Crippen LogP contribution in [0.25, 0.3) is 0 Å². The minimum absolute atomic E-state index is 0.365. The Hall–Kier alpha value is -2.08. The molecular formula is C14H14F3N3. The van der Waals surface area contributed by atoms with Gasteiger partial charge in [0.1, 0.15) is 5.82 Å². The minimum atomic E-state index is -4.37. The standard InChI is InChI=1S/C14H14F3N3/c15-14(16,17)11-3-6-13(19-9-11)20-12-4-1-10(2-5-12)7-8-18/h1-6,9H,7-8,18H2,(H,19,20). The summed E-state index contributed by atoms with van der Waals surface area (Å²) in [6, 6.07) is 9.81. The van der Waals surface area contributed by atoms with Crippen LogP contribution in [0.3, 0.4) is 0 Å². The van der Waals surface area contributed by atoms with Crippen molar-refractivity contribution < 1.29 is 13.2 Å². The summed E-state index contributed by atoms with van der Waals surface area (Å²) in [7, 11) is 0. The fraction of sp³-hybridized carbons (Fsp3) is 0.214. The van der Waals surface area contributed by atoms with E-state index in [4.69, 9.17) is 5.73 Å². The van der Waals surface area contributed by atoms with Crippen molar-refractivity contribution in [2.45, 2.75) is 12.6 Å². The third-order valence-electron chi connectivity index (χ3n) is 2.75. The molecular weight excluding hydrogens is 267 g/mol. The summed E-state index contributed by atoms with van der Waals surface area (Å²) in [4.78, 5) is 3.75. The first-order valence-corrected chi connectivity index (χ1v) is 6.08. The molecule has 0 radical (unpaired) electrons. The van der Waals surface area contributed by atoms with Crippen LogP contribution >= 0.6 is 0 Å². The Morgan fingerprint density at radius 1 is 1.05 bits per heavy atom. The molecule has 0 fully saturated rings. The maximum Gasteiger partial charge on any atom is 0.417 e.